The Morgan fingerprint density at radius 3 is 2.65 bits per heavy atom. The second-order valence-electron chi connectivity index (χ2n) is 4.02. The molecule has 0 fully saturated rings. The fraction of sp³-hybridized carbons (Fsp3) is 0.455. The average Bonchev–Trinajstić information content (AvgIpc) is 2.21. The van der Waals surface area contributed by atoms with Crippen LogP contribution in [0.1, 0.15) is 12.0 Å². The number of nitrogens with one attached hydrogen (secondary N) is 2. The van der Waals surface area contributed by atoms with Crippen molar-refractivity contribution in [2.24, 2.45) is 0 Å². The van der Waals surface area contributed by atoms with Gasteiger partial charge in [-0.3, -0.25) is 0 Å². The Balaban J connectivity index is 2.34. The molecule has 4 N–H and O–H groups in total. The molecule has 6 heteroatoms. The smallest absolute Gasteiger partial charge is 0.208 e. The van der Waals surface area contributed by atoms with Crippen LogP contribution in [0, 0.1) is 6.92 Å². The predicted molar refractivity (Wildman–Crippen MR) is 71.5 cm³/mol. The van der Waals surface area contributed by atoms with Crippen LogP contribution >= 0.6 is 0 Å². The Morgan fingerprint density at radius 1 is 1.29 bits per heavy atom. The molecule has 0 aliphatic rings. The van der Waals surface area contributed by atoms with E-state index in [9.17, 15) is 8.42 Å². The molecule has 0 aliphatic carbocycles. The van der Waals surface area contributed by atoms with Crippen molar-refractivity contribution in [2.75, 3.05) is 30.4 Å². The van der Waals surface area contributed by atoms with Gasteiger partial charge >= 0.3 is 0 Å². The third kappa shape index (κ3) is 5.55. The first-order chi connectivity index (χ1) is 7.88. The molecule has 0 atom stereocenters. The minimum absolute atomic E-state index is 0.438. The monoisotopic (exact) mass is 257 g/mol. The quantitative estimate of drug-likeness (QED) is 0.523. The Kier molecular flexibility index (Phi) is 4.77. The standard InChI is InChI=1S/C11H19N3O2S/c1-9-4-5-10(12)8-11(9)13-6-3-7-14-17(2,15)16/h4-5,8,13-14H,3,6-7,12H2,1-2H3. The lowest BCUT2D eigenvalue weighted by atomic mass is 10.2. The molecule has 0 saturated heterocycles. The number of sulfonamides is 1. The van der Waals surface area contributed by atoms with Crippen LogP contribution in [0.5, 0.6) is 0 Å². The Hall–Kier alpha value is -1.27. The van der Waals surface area contributed by atoms with Crippen LogP contribution in [0.2, 0.25) is 0 Å². The van der Waals surface area contributed by atoms with E-state index >= 15 is 0 Å². The van der Waals surface area contributed by atoms with E-state index in [2.05, 4.69) is 10.0 Å². The number of aryl methyl sites for hydroxylation is 1. The molecule has 1 rings (SSSR count). The maximum atomic E-state index is 10.8. The fourth-order valence-electron chi connectivity index (χ4n) is 1.40. The van der Waals surface area contributed by atoms with Gasteiger partial charge in [-0.05, 0) is 31.0 Å². The Morgan fingerprint density at radius 2 is 2.00 bits per heavy atom. The van der Waals surface area contributed by atoms with Gasteiger partial charge in [-0.2, -0.15) is 0 Å². The highest BCUT2D eigenvalue weighted by Crippen LogP contribution is 2.17. The molecule has 0 radical (unpaired) electrons. The molecule has 96 valence electrons. The summed E-state index contributed by atoms with van der Waals surface area (Å²) in [5.74, 6) is 0. The SMILES string of the molecule is Cc1ccc(N)cc1NCCCNS(C)(=O)=O. The van der Waals surface area contributed by atoms with Gasteiger partial charge in [0, 0.05) is 24.5 Å². The van der Waals surface area contributed by atoms with Crippen LogP contribution in [0.15, 0.2) is 18.2 Å². The summed E-state index contributed by atoms with van der Waals surface area (Å²) in [5.41, 5.74) is 8.51. The number of benzene rings is 1. The van der Waals surface area contributed by atoms with Gasteiger partial charge in [-0.1, -0.05) is 6.07 Å². The van der Waals surface area contributed by atoms with Crippen molar-refractivity contribution in [1.82, 2.24) is 4.72 Å². The summed E-state index contributed by atoms with van der Waals surface area (Å²) < 4.78 is 24.1. The Labute approximate surface area is 102 Å². The van der Waals surface area contributed by atoms with Crippen LogP contribution in [-0.2, 0) is 10.0 Å². The van der Waals surface area contributed by atoms with Crippen molar-refractivity contribution in [1.29, 1.82) is 0 Å². The first-order valence-electron chi connectivity index (χ1n) is 5.43. The molecular formula is C11H19N3O2S. The normalized spacial score (nSPS) is 11.4. The summed E-state index contributed by atoms with van der Waals surface area (Å²) in [4.78, 5) is 0. The summed E-state index contributed by atoms with van der Waals surface area (Å²) in [5, 5.41) is 3.23. The third-order valence-electron chi connectivity index (χ3n) is 2.29. The van der Waals surface area contributed by atoms with Crippen LogP contribution in [-0.4, -0.2) is 27.8 Å². The molecule has 0 unspecified atom stereocenters. The average molecular weight is 257 g/mol. The summed E-state index contributed by atoms with van der Waals surface area (Å²) in [7, 11) is -3.08. The second kappa shape index (κ2) is 5.88. The van der Waals surface area contributed by atoms with E-state index in [1.54, 1.807) is 0 Å². The van der Waals surface area contributed by atoms with Crippen LogP contribution in [0.3, 0.4) is 0 Å². The van der Waals surface area contributed by atoms with Gasteiger partial charge < -0.3 is 11.1 Å². The molecule has 5 nitrogen and oxygen atoms in total. The summed E-state index contributed by atoms with van der Waals surface area (Å²) in [6, 6.07) is 5.68. The van der Waals surface area contributed by atoms with Crippen LogP contribution < -0.4 is 15.8 Å². The van der Waals surface area contributed by atoms with Gasteiger partial charge in [0.25, 0.3) is 0 Å². The van der Waals surface area contributed by atoms with Gasteiger partial charge in [-0.15, -0.1) is 0 Å². The third-order valence-corrected chi connectivity index (χ3v) is 3.02. The molecule has 0 bridgehead atoms. The lowest BCUT2D eigenvalue weighted by molar-refractivity contribution is 0.586. The van der Waals surface area contributed by atoms with Crippen molar-refractivity contribution in [3.63, 3.8) is 0 Å². The summed E-state index contributed by atoms with van der Waals surface area (Å²) in [6.07, 6.45) is 1.88. The maximum Gasteiger partial charge on any atom is 0.208 e. The molecule has 0 amide bonds. The molecule has 17 heavy (non-hydrogen) atoms. The van der Waals surface area contributed by atoms with E-state index in [0.717, 1.165) is 23.9 Å². The summed E-state index contributed by atoms with van der Waals surface area (Å²) in [6.45, 7) is 3.14. The number of hydrogen-bond acceptors (Lipinski definition) is 4. The van der Waals surface area contributed by atoms with E-state index in [4.69, 9.17) is 5.73 Å². The number of hydrogen-bond donors (Lipinski definition) is 3. The van der Waals surface area contributed by atoms with Gasteiger partial charge in [0.05, 0.1) is 6.26 Å². The van der Waals surface area contributed by atoms with E-state index in [1.165, 1.54) is 0 Å². The summed E-state index contributed by atoms with van der Waals surface area (Å²) >= 11 is 0. The highest BCUT2D eigenvalue weighted by molar-refractivity contribution is 7.88. The topological polar surface area (TPSA) is 84.2 Å². The van der Waals surface area contributed by atoms with E-state index in [-0.39, 0.29) is 0 Å². The number of rotatable bonds is 6. The lowest BCUT2D eigenvalue weighted by Gasteiger charge is -2.10. The molecular weight excluding hydrogens is 238 g/mol. The molecule has 1 aromatic rings. The Bertz CT molecular complexity index is 472. The van der Waals surface area contributed by atoms with Crippen LogP contribution in [0.25, 0.3) is 0 Å². The van der Waals surface area contributed by atoms with Gasteiger partial charge in [0.15, 0.2) is 0 Å². The first kappa shape index (κ1) is 13.8. The minimum atomic E-state index is -3.08. The highest BCUT2D eigenvalue weighted by Gasteiger charge is 2.00. The van der Waals surface area contributed by atoms with E-state index < -0.39 is 10.0 Å². The molecule has 1 aromatic carbocycles. The van der Waals surface area contributed by atoms with E-state index in [1.807, 2.05) is 25.1 Å². The first-order valence-corrected chi connectivity index (χ1v) is 7.32. The molecule has 0 aliphatic heterocycles. The van der Waals surface area contributed by atoms with Crippen molar-refractivity contribution < 1.29 is 8.42 Å². The largest absolute Gasteiger partial charge is 0.399 e. The zero-order valence-corrected chi connectivity index (χ0v) is 11.0. The predicted octanol–water partition coefficient (Wildman–Crippen LogP) is 0.928. The van der Waals surface area contributed by atoms with Crippen molar-refractivity contribution in [2.45, 2.75) is 13.3 Å². The van der Waals surface area contributed by atoms with Crippen molar-refractivity contribution >= 4 is 21.4 Å². The van der Waals surface area contributed by atoms with Gasteiger partial charge in [0.2, 0.25) is 10.0 Å². The van der Waals surface area contributed by atoms with Gasteiger partial charge in [-0.25, -0.2) is 13.1 Å². The molecule has 0 aromatic heterocycles. The van der Waals surface area contributed by atoms with Crippen LogP contribution in [0.4, 0.5) is 11.4 Å². The zero-order chi connectivity index (χ0) is 12.9. The van der Waals surface area contributed by atoms with Crippen molar-refractivity contribution in [3.05, 3.63) is 23.8 Å². The second-order valence-corrected chi connectivity index (χ2v) is 5.85. The lowest BCUT2D eigenvalue weighted by Crippen LogP contribution is -2.24. The maximum absolute atomic E-state index is 10.8. The minimum Gasteiger partial charge on any atom is -0.399 e. The molecule has 0 heterocycles. The zero-order valence-electron chi connectivity index (χ0n) is 10.2. The molecule has 0 spiro atoms. The number of anilines is 2. The molecule has 0 saturated carbocycles. The van der Waals surface area contributed by atoms with Crippen molar-refractivity contribution in [3.8, 4) is 0 Å². The highest BCUT2D eigenvalue weighted by atomic mass is 32.2. The number of nitrogen functional groups attached to an aromatic ring is 1. The van der Waals surface area contributed by atoms with E-state index in [0.29, 0.717) is 18.8 Å². The van der Waals surface area contributed by atoms with Gasteiger partial charge in [0.1, 0.15) is 0 Å². The fourth-order valence-corrected chi connectivity index (χ4v) is 1.91. The number of nitrogens with two attached hydrogens (primary N) is 1.